The molecule has 0 saturated carbocycles. The van der Waals surface area contributed by atoms with E-state index in [1.54, 1.807) is 6.07 Å². The number of hydrogen-bond donors (Lipinski definition) is 1. The molecule has 0 unspecified atom stereocenters. The molecule has 190 valence electrons. The Bertz CT molecular complexity index is 1650. The van der Waals surface area contributed by atoms with Crippen LogP contribution in [0, 0.1) is 20.8 Å². The van der Waals surface area contributed by atoms with E-state index in [0.29, 0.717) is 17.3 Å². The number of hydrogen-bond acceptors (Lipinski definition) is 2. The van der Waals surface area contributed by atoms with Crippen LogP contribution in [0.3, 0.4) is 0 Å². The summed E-state index contributed by atoms with van der Waals surface area (Å²) in [5, 5.41) is 8.63. The van der Waals surface area contributed by atoms with Crippen LogP contribution in [0.25, 0.3) is 11.5 Å². The fourth-order valence-corrected chi connectivity index (χ4v) is 5.39. The number of carbonyl (C=O) groups is 1. The van der Waals surface area contributed by atoms with Crippen LogP contribution in [0.1, 0.15) is 39.7 Å². The zero-order valence-corrected chi connectivity index (χ0v) is 22.3. The monoisotopic (exact) mass is 521 g/mol. The van der Waals surface area contributed by atoms with Crippen LogP contribution in [-0.2, 0) is 6.54 Å². The van der Waals surface area contributed by atoms with E-state index in [1.165, 1.54) is 0 Å². The molecule has 0 saturated heterocycles. The summed E-state index contributed by atoms with van der Waals surface area (Å²) in [5.74, 6) is 0.944. The van der Waals surface area contributed by atoms with Gasteiger partial charge in [0.1, 0.15) is 5.82 Å². The highest BCUT2D eigenvalue weighted by Gasteiger charge is 2.36. The Morgan fingerprint density at radius 2 is 1.76 bits per heavy atom. The number of amides is 2. The highest BCUT2D eigenvalue weighted by molar-refractivity contribution is 6.31. The number of aryl methyl sites for hydroxylation is 3. The van der Waals surface area contributed by atoms with Crippen molar-refractivity contribution >= 4 is 23.3 Å². The number of halogens is 1. The lowest BCUT2D eigenvalue weighted by Crippen LogP contribution is -2.38. The van der Waals surface area contributed by atoms with Gasteiger partial charge in [-0.05, 0) is 68.3 Å². The number of anilines is 1. The van der Waals surface area contributed by atoms with Gasteiger partial charge in [-0.25, -0.2) is 9.48 Å². The van der Waals surface area contributed by atoms with Crippen LogP contribution in [-0.4, -0.2) is 25.3 Å². The standard InChI is InChI=1S/C31H28ClN5O/c1-20-9-7-10-23(17-20)29-28-13-8-16-35(28)30-26(22(3)34-37(30)25-11-5-4-6-12-25)19-36(29)31(38)33-24-15-14-21(2)27(32)18-24/h4-18,29H,19H2,1-3H3,(H,33,38)/t29-/m0/s1. The maximum Gasteiger partial charge on any atom is 0.322 e. The van der Waals surface area contributed by atoms with Crippen molar-refractivity contribution in [1.82, 2.24) is 19.2 Å². The summed E-state index contributed by atoms with van der Waals surface area (Å²) in [6.07, 6.45) is 2.05. The smallest absolute Gasteiger partial charge is 0.308 e. The molecule has 5 aromatic rings. The van der Waals surface area contributed by atoms with Crippen molar-refractivity contribution in [3.05, 3.63) is 130 Å². The molecule has 0 fully saturated rings. The SMILES string of the molecule is Cc1cccc([C@H]2c3cccn3-c3c(c(C)nn3-c3ccccc3)CN2C(=O)Nc2ccc(C)c(Cl)c2)c1. The lowest BCUT2D eigenvalue weighted by molar-refractivity contribution is 0.194. The van der Waals surface area contributed by atoms with Gasteiger partial charge in [0.25, 0.3) is 0 Å². The maximum atomic E-state index is 14.0. The second kappa shape index (κ2) is 9.54. The normalized spacial score (nSPS) is 14.5. The number of aromatic nitrogens is 3. The van der Waals surface area contributed by atoms with Crippen molar-refractivity contribution in [1.29, 1.82) is 0 Å². The number of fused-ring (bicyclic) bond motifs is 3. The van der Waals surface area contributed by atoms with E-state index in [0.717, 1.165) is 45.1 Å². The largest absolute Gasteiger partial charge is 0.322 e. The third kappa shape index (κ3) is 4.17. The van der Waals surface area contributed by atoms with Crippen LogP contribution in [0.4, 0.5) is 10.5 Å². The predicted molar refractivity (Wildman–Crippen MR) is 151 cm³/mol. The summed E-state index contributed by atoms with van der Waals surface area (Å²) < 4.78 is 4.15. The van der Waals surface area contributed by atoms with Crippen LogP contribution < -0.4 is 5.32 Å². The van der Waals surface area contributed by atoms with Gasteiger partial charge >= 0.3 is 6.03 Å². The predicted octanol–water partition coefficient (Wildman–Crippen LogP) is 7.38. The van der Waals surface area contributed by atoms with Crippen LogP contribution >= 0.6 is 11.6 Å². The van der Waals surface area contributed by atoms with Crippen LogP contribution in [0.5, 0.6) is 0 Å². The van der Waals surface area contributed by atoms with Crippen molar-refractivity contribution in [2.45, 2.75) is 33.4 Å². The van der Waals surface area contributed by atoms with E-state index in [-0.39, 0.29) is 12.1 Å². The van der Waals surface area contributed by atoms with E-state index in [9.17, 15) is 4.79 Å². The Morgan fingerprint density at radius 3 is 2.53 bits per heavy atom. The van der Waals surface area contributed by atoms with E-state index >= 15 is 0 Å². The van der Waals surface area contributed by atoms with Crippen molar-refractivity contribution in [3.8, 4) is 11.5 Å². The summed E-state index contributed by atoms with van der Waals surface area (Å²) >= 11 is 6.37. The van der Waals surface area contributed by atoms with E-state index in [2.05, 4.69) is 47.3 Å². The molecule has 0 aliphatic carbocycles. The highest BCUT2D eigenvalue weighted by atomic mass is 35.5. The fraction of sp³-hybridized carbons (Fsp3) is 0.161. The first-order chi connectivity index (χ1) is 18.4. The molecule has 38 heavy (non-hydrogen) atoms. The minimum Gasteiger partial charge on any atom is -0.308 e. The van der Waals surface area contributed by atoms with Gasteiger partial charge in [0.2, 0.25) is 0 Å². The molecule has 1 N–H and O–H groups in total. The number of nitrogens with one attached hydrogen (secondary N) is 1. The molecular weight excluding hydrogens is 494 g/mol. The Hall–Kier alpha value is -4.29. The Kier molecular flexibility index (Phi) is 6.04. The van der Waals surface area contributed by atoms with Gasteiger partial charge in [0.15, 0.2) is 0 Å². The minimum absolute atomic E-state index is 0.205. The maximum absolute atomic E-state index is 14.0. The molecule has 6 rings (SSSR count). The molecule has 3 heterocycles. The second-order valence-electron chi connectivity index (χ2n) is 9.78. The number of rotatable bonds is 3. The number of nitrogens with zero attached hydrogens (tertiary/aromatic N) is 4. The Balaban J connectivity index is 1.53. The van der Waals surface area contributed by atoms with Crippen molar-refractivity contribution in [2.24, 2.45) is 0 Å². The van der Waals surface area contributed by atoms with Gasteiger partial charge in [0.05, 0.1) is 29.7 Å². The van der Waals surface area contributed by atoms with Gasteiger partial charge in [-0.15, -0.1) is 0 Å². The average Bonchev–Trinajstić information content (AvgIpc) is 3.47. The Labute approximate surface area is 227 Å². The first kappa shape index (κ1) is 24.1. The molecule has 0 spiro atoms. The number of benzene rings is 3. The number of urea groups is 1. The topological polar surface area (TPSA) is 55.1 Å². The van der Waals surface area contributed by atoms with Gasteiger partial charge in [-0.2, -0.15) is 5.10 Å². The molecule has 6 nitrogen and oxygen atoms in total. The molecule has 0 radical (unpaired) electrons. The van der Waals surface area contributed by atoms with Crippen molar-refractivity contribution in [2.75, 3.05) is 5.32 Å². The van der Waals surface area contributed by atoms with E-state index < -0.39 is 0 Å². The van der Waals surface area contributed by atoms with Crippen molar-refractivity contribution in [3.63, 3.8) is 0 Å². The molecule has 2 aromatic heterocycles. The number of carbonyl (C=O) groups excluding carboxylic acids is 1. The van der Waals surface area contributed by atoms with E-state index in [1.807, 2.05) is 78.0 Å². The lowest BCUT2D eigenvalue weighted by atomic mass is 10.00. The van der Waals surface area contributed by atoms with Gasteiger partial charge in [-0.1, -0.05) is 65.7 Å². The minimum atomic E-state index is -0.318. The first-order valence-corrected chi connectivity index (χ1v) is 13.0. The first-order valence-electron chi connectivity index (χ1n) is 12.6. The summed E-state index contributed by atoms with van der Waals surface area (Å²) in [6, 6.07) is 27.6. The summed E-state index contributed by atoms with van der Waals surface area (Å²) in [5.41, 5.74) is 7.64. The zero-order valence-electron chi connectivity index (χ0n) is 21.5. The molecule has 2 amide bonds. The molecule has 1 aliphatic rings. The van der Waals surface area contributed by atoms with E-state index in [4.69, 9.17) is 16.7 Å². The molecule has 1 atom stereocenters. The summed E-state index contributed by atoms with van der Waals surface area (Å²) in [4.78, 5) is 15.9. The molecule has 3 aromatic carbocycles. The zero-order chi connectivity index (χ0) is 26.4. The summed E-state index contributed by atoms with van der Waals surface area (Å²) in [6.45, 7) is 6.41. The van der Waals surface area contributed by atoms with Gasteiger partial charge < -0.3 is 14.8 Å². The summed E-state index contributed by atoms with van der Waals surface area (Å²) in [7, 11) is 0. The second-order valence-corrected chi connectivity index (χ2v) is 10.2. The number of para-hydroxylation sites is 1. The molecule has 0 bridgehead atoms. The fourth-order valence-electron chi connectivity index (χ4n) is 5.21. The third-order valence-corrected chi connectivity index (χ3v) is 7.54. The highest BCUT2D eigenvalue weighted by Crippen LogP contribution is 2.39. The quantitative estimate of drug-likeness (QED) is 0.269. The van der Waals surface area contributed by atoms with Crippen LogP contribution in [0.15, 0.2) is 91.1 Å². The third-order valence-electron chi connectivity index (χ3n) is 7.13. The molecule has 7 heteroatoms. The molecule has 1 aliphatic heterocycles. The molecular formula is C31H28ClN5O. The average molecular weight is 522 g/mol. The van der Waals surface area contributed by atoms with Crippen LogP contribution in [0.2, 0.25) is 5.02 Å². The Morgan fingerprint density at radius 1 is 0.947 bits per heavy atom. The van der Waals surface area contributed by atoms with Gasteiger partial charge in [-0.3, -0.25) is 0 Å². The lowest BCUT2D eigenvalue weighted by Gasteiger charge is -2.31. The van der Waals surface area contributed by atoms with Crippen molar-refractivity contribution < 1.29 is 4.79 Å². The van der Waals surface area contributed by atoms with Gasteiger partial charge in [0, 0.05) is 22.5 Å².